The first-order chi connectivity index (χ1) is 16.0. The Morgan fingerprint density at radius 1 is 1.12 bits per heavy atom. The van der Waals surface area contributed by atoms with Crippen molar-refractivity contribution in [3.63, 3.8) is 0 Å². The Balaban J connectivity index is 1.86. The van der Waals surface area contributed by atoms with Gasteiger partial charge in [-0.3, -0.25) is 4.79 Å². The molecule has 0 bridgehead atoms. The molecule has 33 heavy (non-hydrogen) atoms. The average molecular weight is 507 g/mol. The van der Waals surface area contributed by atoms with Crippen LogP contribution in [0.3, 0.4) is 0 Å². The number of hydrogen-bond donors (Lipinski definition) is 2. The van der Waals surface area contributed by atoms with Gasteiger partial charge in [-0.15, -0.1) is 6.42 Å². The molecular formula is C26H23BrN2O4. The van der Waals surface area contributed by atoms with E-state index in [4.69, 9.17) is 15.9 Å². The van der Waals surface area contributed by atoms with Gasteiger partial charge in [0.05, 0.1) is 17.3 Å². The maximum atomic E-state index is 13.1. The molecule has 3 rings (SSSR count). The molecule has 3 aromatic rings. The molecule has 7 heteroatoms. The van der Waals surface area contributed by atoms with E-state index in [0.717, 1.165) is 0 Å². The molecule has 0 fully saturated rings. The van der Waals surface area contributed by atoms with Crippen molar-refractivity contribution in [2.45, 2.75) is 12.5 Å². The van der Waals surface area contributed by atoms with Gasteiger partial charge in [0.25, 0.3) is 5.91 Å². The first kappa shape index (κ1) is 24.1. The lowest BCUT2D eigenvalue weighted by molar-refractivity contribution is -0.136. The van der Waals surface area contributed by atoms with Crippen LogP contribution in [0.1, 0.15) is 23.6 Å². The number of carbonyl (C=O) groups excluding carboxylic acids is 1. The Kier molecular flexibility index (Phi) is 8.25. The van der Waals surface area contributed by atoms with E-state index < -0.39 is 11.5 Å². The monoisotopic (exact) mass is 506 g/mol. The Morgan fingerprint density at radius 2 is 1.73 bits per heavy atom. The summed E-state index contributed by atoms with van der Waals surface area (Å²) in [6, 6.07) is 20.9. The molecule has 0 spiro atoms. The summed E-state index contributed by atoms with van der Waals surface area (Å²) in [6.07, 6.45) is 6.73. The standard InChI is InChI=1S/C26H23BrN2O4/c1-3-15-33-24-22(27)16-19(17-23(24)32-4-2)18-28-29-25(30)26(31,20-11-7-5-8-12-20)21-13-9-6-10-14-21/h1,5-14,16-18,31H,4,15H2,2H3,(H,29,30)/b28-18-. The molecule has 0 aromatic heterocycles. The molecule has 0 aliphatic carbocycles. The van der Waals surface area contributed by atoms with Gasteiger partial charge in [0.1, 0.15) is 6.61 Å². The SMILES string of the molecule is C#CCOc1c(Br)cc(/C=N\NC(=O)C(O)(c2ccccc2)c2ccccc2)cc1OCC. The van der Waals surface area contributed by atoms with Gasteiger partial charge in [0.15, 0.2) is 17.1 Å². The first-order valence-corrected chi connectivity index (χ1v) is 11.0. The van der Waals surface area contributed by atoms with Crippen molar-refractivity contribution in [2.75, 3.05) is 13.2 Å². The van der Waals surface area contributed by atoms with Gasteiger partial charge in [-0.2, -0.15) is 5.10 Å². The fourth-order valence-electron chi connectivity index (χ4n) is 3.21. The molecule has 0 atom stereocenters. The van der Waals surface area contributed by atoms with E-state index in [2.05, 4.69) is 32.4 Å². The molecule has 2 N–H and O–H groups in total. The number of benzene rings is 3. The average Bonchev–Trinajstić information content (AvgIpc) is 2.84. The van der Waals surface area contributed by atoms with E-state index >= 15 is 0 Å². The summed E-state index contributed by atoms with van der Waals surface area (Å²) in [6.45, 7) is 2.38. The Hall–Kier alpha value is -3.60. The molecule has 0 heterocycles. The minimum atomic E-state index is -1.91. The molecule has 0 saturated heterocycles. The van der Waals surface area contributed by atoms with Crippen LogP contribution >= 0.6 is 15.9 Å². The quantitative estimate of drug-likeness (QED) is 0.258. The number of halogens is 1. The minimum absolute atomic E-state index is 0.0969. The Morgan fingerprint density at radius 3 is 2.27 bits per heavy atom. The van der Waals surface area contributed by atoms with E-state index in [1.807, 2.05) is 19.1 Å². The van der Waals surface area contributed by atoms with Crippen LogP contribution in [0, 0.1) is 12.3 Å². The van der Waals surface area contributed by atoms with Gasteiger partial charge < -0.3 is 14.6 Å². The van der Waals surface area contributed by atoms with Crippen LogP contribution in [0.5, 0.6) is 11.5 Å². The highest BCUT2D eigenvalue weighted by atomic mass is 79.9. The lowest BCUT2D eigenvalue weighted by atomic mass is 9.85. The van der Waals surface area contributed by atoms with Crippen molar-refractivity contribution < 1.29 is 19.4 Å². The molecule has 0 aliphatic heterocycles. The second-order valence-electron chi connectivity index (χ2n) is 6.90. The summed E-state index contributed by atoms with van der Waals surface area (Å²) in [5.74, 6) is 2.70. The number of terminal acetylenes is 1. The maximum absolute atomic E-state index is 13.1. The number of amides is 1. The highest BCUT2D eigenvalue weighted by molar-refractivity contribution is 9.10. The number of nitrogens with one attached hydrogen (secondary N) is 1. The summed E-state index contributed by atoms with van der Waals surface area (Å²) in [4.78, 5) is 13.1. The molecule has 1 amide bonds. The van der Waals surface area contributed by atoms with E-state index in [-0.39, 0.29) is 6.61 Å². The van der Waals surface area contributed by atoms with E-state index in [9.17, 15) is 9.90 Å². The zero-order chi connectivity index (χ0) is 23.7. The largest absolute Gasteiger partial charge is 0.490 e. The lowest BCUT2D eigenvalue weighted by Crippen LogP contribution is -2.43. The molecule has 0 saturated carbocycles. The zero-order valence-corrected chi connectivity index (χ0v) is 19.6. The van der Waals surface area contributed by atoms with Crippen LogP contribution in [0.15, 0.2) is 82.4 Å². The number of hydrogen-bond acceptors (Lipinski definition) is 5. The van der Waals surface area contributed by atoms with Gasteiger partial charge in [0, 0.05) is 0 Å². The minimum Gasteiger partial charge on any atom is -0.490 e. The molecule has 0 radical (unpaired) electrons. The highest BCUT2D eigenvalue weighted by Crippen LogP contribution is 2.36. The zero-order valence-electron chi connectivity index (χ0n) is 18.0. The van der Waals surface area contributed by atoms with Crippen molar-refractivity contribution in [3.05, 3.63) is 94.0 Å². The third kappa shape index (κ3) is 5.61. The van der Waals surface area contributed by atoms with E-state index in [1.165, 1.54) is 6.21 Å². The normalized spacial score (nSPS) is 11.1. The van der Waals surface area contributed by atoms with Gasteiger partial charge in [-0.05, 0) is 51.7 Å². The summed E-state index contributed by atoms with van der Waals surface area (Å²) in [5.41, 5.74) is 2.04. The van der Waals surface area contributed by atoms with Crippen LogP contribution < -0.4 is 14.9 Å². The first-order valence-electron chi connectivity index (χ1n) is 10.2. The van der Waals surface area contributed by atoms with E-state index in [0.29, 0.717) is 39.3 Å². The van der Waals surface area contributed by atoms with Gasteiger partial charge >= 0.3 is 0 Å². The fraction of sp³-hybridized carbons (Fsp3) is 0.154. The van der Waals surface area contributed by atoms with Crippen molar-refractivity contribution in [3.8, 4) is 23.8 Å². The van der Waals surface area contributed by atoms with Crippen molar-refractivity contribution in [1.29, 1.82) is 0 Å². The predicted octanol–water partition coefficient (Wildman–Crippen LogP) is 4.25. The Labute approximate surface area is 201 Å². The summed E-state index contributed by atoms with van der Waals surface area (Å²) >= 11 is 3.45. The van der Waals surface area contributed by atoms with Crippen molar-refractivity contribution in [2.24, 2.45) is 5.10 Å². The third-order valence-electron chi connectivity index (χ3n) is 4.72. The van der Waals surface area contributed by atoms with Crippen LogP contribution in [-0.4, -0.2) is 30.4 Å². The number of aliphatic hydroxyl groups is 1. The molecule has 0 aliphatic rings. The van der Waals surface area contributed by atoms with Crippen molar-refractivity contribution >= 4 is 28.1 Å². The third-order valence-corrected chi connectivity index (χ3v) is 5.31. The number of nitrogens with zero attached hydrogens (tertiary/aromatic N) is 1. The molecule has 168 valence electrons. The molecule has 3 aromatic carbocycles. The number of hydrazone groups is 1. The number of ether oxygens (including phenoxy) is 2. The maximum Gasteiger partial charge on any atom is 0.281 e. The second-order valence-corrected chi connectivity index (χ2v) is 7.75. The summed E-state index contributed by atoms with van der Waals surface area (Å²) in [5, 5.41) is 15.5. The van der Waals surface area contributed by atoms with Crippen LogP contribution in [-0.2, 0) is 10.4 Å². The van der Waals surface area contributed by atoms with Crippen molar-refractivity contribution in [1.82, 2.24) is 5.43 Å². The van der Waals surface area contributed by atoms with Gasteiger partial charge in [-0.25, -0.2) is 5.43 Å². The lowest BCUT2D eigenvalue weighted by Gasteiger charge is -2.27. The number of rotatable bonds is 9. The van der Waals surface area contributed by atoms with E-state index in [1.54, 1.807) is 60.7 Å². The highest BCUT2D eigenvalue weighted by Gasteiger charge is 2.39. The summed E-state index contributed by atoms with van der Waals surface area (Å²) in [7, 11) is 0. The molecule has 0 unspecified atom stereocenters. The van der Waals surface area contributed by atoms with Gasteiger partial charge in [-0.1, -0.05) is 66.6 Å². The fourth-order valence-corrected chi connectivity index (χ4v) is 3.79. The van der Waals surface area contributed by atoms with Gasteiger partial charge in [0.2, 0.25) is 0 Å². The topological polar surface area (TPSA) is 80.2 Å². The summed E-state index contributed by atoms with van der Waals surface area (Å²) < 4.78 is 11.8. The number of carbonyl (C=O) groups is 1. The smallest absolute Gasteiger partial charge is 0.281 e. The van der Waals surface area contributed by atoms with Crippen LogP contribution in [0.4, 0.5) is 0 Å². The molecule has 6 nitrogen and oxygen atoms in total. The predicted molar refractivity (Wildman–Crippen MR) is 131 cm³/mol. The van der Waals surface area contributed by atoms with Crippen LogP contribution in [0.2, 0.25) is 0 Å². The molecular weight excluding hydrogens is 484 g/mol. The second kappa shape index (κ2) is 11.3. The van der Waals surface area contributed by atoms with Crippen LogP contribution in [0.25, 0.3) is 0 Å². The Bertz CT molecular complexity index is 1120.